The molecule has 0 aliphatic carbocycles. The van der Waals surface area contributed by atoms with Crippen molar-refractivity contribution >= 4 is 54.6 Å². The number of aromatic carboxylic acids is 2. The number of hydrogen-bond acceptors (Lipinski definition) is 2. The number of hydrogen-bond donors (Lipinski definition) is 2. The normalized spacial score (nSPS) is 10.6. The molecule has 0 aromatic heterocycles. The second kappa shape index (κ2) is 4.70. The molecule has 0 fully saturated rings. The third-order valence-corrected chi connectivity index (χ3v) is 4.24. The Morgan fingerprint density at radius 3 is 1.39 bits per heavy atom. The number of rotatable bonds is 2. The fourth-order valence-corrected chi connectivity index (χ4v) is 2.96. The van der Waals surface area contributed by atoms with E-state index in [4.69, 9.17) is 10.2 Å². The number of fused-ring (bicyclic) bond motifs is 1. The molecule has 0 heterocycles. The second-order valence-corrected chi connectivity index (χ2v) is 5.15. The molecule has 0 amide bonds. The van der Waals surface area contributed by atoms with E-state index in [2.05, 4.69) is 31.9 Å². The van der Waals surface area contributed by atoms with E-state index in [-0.39, 0.29) is 11.1 Å². The Hall–Kier alpha value is -1.40. The first-order valence-electron chi connectivity index (χ1n) is 4.80. The third-order valence-electron chi connectivity index (χ3n) is 2.53. The SMILES string of the molecule is O=C(O)c1ccc2c(Br)c(C(=O)O)ccc2c1Br. The highest BCUT2D eigenvalue weighted by molar-refractivity contribution is 9.11. The lowest BCUT2D eigenvalue weighted by atomic mass is 10.0. The molecule has 4 nitrogen and oxygen atoms in total. The standard InChI is InChI=1S/C12H6Br2O4/c13-9-5-1-3-7(11(15)16)10(14)6(5)2-4-8(9)12(17)18/h1-4H,(H,15,16)(H,17,18). The first-order chi connectivity index (χ1) is 8.43. The minimum atomic E-state index is -1.04. The summed E-state index contributed by atoms with van der Waals surface area (Å²) in [6.07, 6.45) is 0. The van der Waals surface area contributed by atoms with Crippen molar-refractivity contribution in [3.63, 3.8) is 0 Å². The maximum Gasteiger partial charge on any atom is 0.336 e. The van der Waals surface area contributed by atoms with Crippen LogP contribution in [0.4, 0.5) is 0 Å². The number of halogens is 2. The Morgan fingerprint density at radius 1 is 0.778 bits per heavy atom. The maximum absolute atomic E-state index is 11.0. The van der Waals surface area contributed by atoms with Gasteiger partial charge in [0.2, 0.25) is 0 Å². The van der Waals surface area contributed by atoms with Crippen LogP contribution in [0, 0.1) is 0 Å². The lowest BCUT2D eigenvalue weighted by Crippen LogP contribution is -2.00. The van der Waals surface area contributed by atoms with E-state index in [1.54, 1.807) is 12.1 Å². The van der Waals surface area contributed by atoms with Crippen LogP contribution in [-0.4, -0.2) is 22.2 Å². The Balaban J connectivity index is 2.83. The molecular formula is C12H6Br2O4. The van der Waals surface area contributed by atoms with Gasteiger partial charge in [-0.05, 0) is 54.8 Å². The van der Waals surface area contributed by atoms with Crippen LogP contribution in [0.5, 0.6) is 0 Å². The van der Waals surface area contributed by atoms with Gasteiger partial charge in [-0.3, -0.25) is 0 Å². The van der Waals surface area contributed by atoms with Crippen LogP contribution in [0.25, 0.3) is 10.8 Å². The summed E-state index contributed by atoms with van der Waals surface area (Å²) >= 11 is 6.46. The molecule has 92 valence electrons. The van der Waals surface area contributed by atoms with Crippen LogP contribution in [0.1, 0.15) is 20.7 Å². The number of carbonyl (C=O) groups is 2. The summed E-state index contributed by atoms with van der Waals surface area (Å²) in [6.45, 7) is 0. The maximum atomic E-state index is 11.0. The van der Waals surface area contributed by atoms with Crippen LogP contribution in [0.3, 0.4) is 0 Å². The molecule has 0 bridgehead atoms. The molecule has 2 rings (SSSR count). The van der Waals surface area contributed by atoms with E-state index in [1.807, 2.05) is 0 Å². The summed E-state index contributed by atoms with van der Waals surface area (Å²) in [5.74, 6) is -2.08. The molecule has 0 aliphatic rings. The highest BCUT2D eigenvalue weighted by Gasteiger charge is 2.16. The zero-order valence-corrected chi connectivity index (χ0v) is 11.9. The summed E-state index contributed by atoms with van der Waals surface area (Å²) < 4.78 is 0.871. The zero-order valence-electron chi connectivity index (χ0n) is 8.78. The lowest BCUT2D eigenvalue weighted by Gasteiger charge is -2.08. The van der Waals surface area contributed by atoms with Crippen LogP contribution < -0.4 is 0 Å². The van der Waals surface area contributed by atoms with E-state index in [0.717, 1.165) is 0 Å². The molecule has 0 radical (unpaired) electrons. The van der Waals surface area contributed by atoms with Crippen LogP contribution in [-0.2, 0) is 0 Å². The quantitative estimate of drug-likeness (QED) is 0.840. The van der Waals surface area contributed by atoms with Gasteiger partial charge >= 0.3 is 11.9 Å². The Kier molecular flexibility index (Phi) is 3.41. The van der Waals surface area contributed by atoms with Gasteiger partial charge in [0.05, 0.1) is 11.1 Å². The molecule has 2 aromatic rings. The molecule has 0 atom stereocenters. The van der Waals surface area contributed by atoms with Gasteiger partial charge in [-0.1, -0.05) is 12.1 Å². The molecule has 0 spiro atoms. The third kappa shape index (κ3) is 2.02. The molecular weight excluding hydrogens is 368 g/mol. The summed E-state index contributed by atoms with van der Waals surface area (Å²) in [5, 5.41) is 19.3. The number of carboxylic acids is 2. The van der Waals surface area contributed by atoms with Crippen molar-refractivity contribution in [2.24, 2.45) is 0 Å². The smallest absolute Gasteiger partial charge is 0.336 e. The summed E-state index contributed by atoms with van der Waals surface area (Å²) in [6, 6.07) is 6.04. The molecule has 6 heteroatoms. The minimum absolute atomic E-state index is 0.137. The van der Waals surface area contributed by atoms with Crippen molar-refractivity contribution in [3.8, 4) is 0 Å². The first-order valence-corrected chi connectivity index (χ1v) is 6.39. The highest BCUT2D eigenvalue weighted by Crippen LogP contribution is 2.34. The van der Waals surface area contributed by atoms with Gasteiger partial charge in [0.25, 0.3) is 0 Å². The van der Waals surface area contributed by atoms with Crippen LogP contribution in [0.2, 0.25) is 0 Å². The fraction of sp³-hybridized carbons (Fsp3) is 0. The Bertz CT molecular complexity index is 620. The van der Waals surface area contributed by atoms with E-state index >= 15 is 0 Å². The summed E-state index contributed by atoms with van der Waals surface area (Å²) in [4.78, 5) is 22.0. The van der Waals surface area contributed by atoms with Gasteiger partial charge in [-0.15, -0.1) is 0 Å². The predicted octanol–water partition coefficient (Wildman–Crippen LogP) is 3.76. The summed E-state index contributed by atoms with van der Waals surface area (Å²) in [7, 11) is 0. The molecule has 0 aliphatic heterocycles. The van der Waals surface area contributed by atoms with E-state index in [9.17, 15) is 9.59 Å². The molecule has 2 aromatic carbocycles. The van der Waals surface area contributed by atoms with E-state index in [1.165, 1.54) is 12.1 Å². The van der Waals surface area contributed by atoms with Crippen molar-refractivity contribution in [2.75, 3.05) is 0 Å². The average Bonchev–Trinajstić information content (AvgIpc) is 2.29. The lowest BCUT2D eigenvalue weighted by molar-refractivity contribution is 0.0685. The van der Waals surface area contributed by atoms with Gasteiger partial charge in [-0.2, -0.15) is 0 Å². The van der Waals surface area contributed by atoms with Crippen molar-refractivity contribution in [3.05, 3.63) is 44.3 Å². The topological polar surface area (TPSA) is 74.6 Å². The monoisotopic (exact) mass is 372 g/mol. The predicted molar refractivity (Wildman–Crippen MR) is 73.3 cm³/mol. The molecule has 0 unspecified atom stereocenters. The van der Waals surface area contributed by atoms with Crippen molar-refractivity contribution < 1.29 is 19.8 Å². The van der Waals surface area contributed by atoms with E-state index in [0.29, 0.717) is 19.7 Å². The van der Waals surface area contributed by atoms with E-state index < -0.39 is 11.9 Å². The zero-order chi connectivity index (χ0) is 13.4. The van der Waals surface area contributed by atoms with Crippen molar-refractivity contribution in [1.82, 2.24) is 0 Å². The molecule has 0 saturated heterocycles. The molecule has 2 N–H and O–H groups in total. The Labute approximate surface area is 118 Å². The first kappa shape index (κ1) is 13.0. The number of benzene rings is 2. The van der Waals surface area contributed by atoms with Crippen molar-refractivity contribution in [1.29, 1.82) is 0 Å². The minimum Gasteiger partial charge on any atom is -0.478 e. The van der Waals surface area contributed by atoms with Crippen molar-refractivity contribution in [2.45, 2.75) is 0 Å². The van der Waals surface area contributed by atoms with Gasteiger partial charge < -0.3 is 10.2 Å². The van der Waals surface area contributed by atoms with Gasteiger partial charge in [0.15, 0.2) is 0 Å². The largest absolute Gasteiger partial charge is 0.478 e. The van der Waals surface area contributed by atoms with Crippen LogP contribution in [0.15, 0.2) is 33.2 Å². The van der Waals surface area contributed by atoms with Gasteiger partial charge in [-0.25, -0.2) is 9.59 Å². The Morgan fingerprint density at radius 2 is 1.11 bits per heavy atom. The van der Waals surface area contributed by atoms with Crippen LogP contribution >= 0.6 is 31.9 Å². The molecule has 18 heavy (non-hydrogen) atoms. The number of carboxylic acid groups (broad SMARTS) is 2. The second-order valence-electron chi connectivity index (χ2n) is 3.56. The fourth-order valence-electron chi connectivity index (χ4n) is 1.66. The van der Waals surface area contributed by atoms with Gasteiger partial charge in [0, 0.05) is 8.95 Å². The average molecular weight is 374 g/mol. The molecule has 0 saturated carbocycles. The van der Waals surface area contributed by atoms with Gasteiger partial charge in [0.1, 0.15) is 0 Å². The highest BCUT2D eigenvalue weighted by atomic mass is 79.9. The summed E-state index contributed by atoms with van der Waals surface area (Å²) in [5.41, 5.74) is 0.273.